The van der Waals surface area contributed by atoms with E-state index in [0.717, 1.165) is 35.0 Å². The first-order chi connectivity index (χ1) is 14.1. The lowest BCUT2D eigenvalue weighted by atomic mass is 9.91. The molecular weight excluding hydrogens is 434 g/mol. The number of halogens is 1. The first-order valence-corrected chi connectivity index (χ1v) is 10.5. The quantitative estimate of drug-likeness (QED) is 0.593. The normalized spacial score (nSPS) is 14.1. The van der Waals surface area contributed by atoms with Crippen molar-refractivity contribution in [1.29, 1.82) is 0 Å². The highest BCUT2D eigenvalue weighted by atomic mass is 79.9. The van der Waals surface area contributed by atoms with E-state index in [1.165, 1.54) is 17.5 Å². The largest absolute Gasteiger partial charge is 0.481 e. The van der Waals surface area contributed by atoms with Gasteiger partial charge in [-0.1, -0.05) is 45.4 Å². The fourth-order valence-electron chi connectivity index (χ4n) is 3.48. The fraction of sp³-hybridized carbons (Fsp3) is 0.318. The number of carbonyl (C=O) groups is 1. The number of nitrogens with zero attached hydrogens (tertiary/aromatic N) is 2. The van der Waals surface area contributed by atoms with Crippen molar-refractivity contribution in [2.45, 2.75) is 45.3 Å². The summed E-state index contributed by atoms with van der Waals surface area (Å²) >= 11 is 3.42. The van der Waals surface area contributed by atoms with Gasteiger partial charge >= 0.3 is 0 Å². The van der Waals surface area contributed by atoms with E-state index < -0.39 is 6.10 Å². The third-order valence-corrected chi connectivity index (χ3v) is 5.48. The van der Waals surface area contributed by atoms with Gasteiger partial charge in [0.25, 0.3) is 5.91 Å². The molecule has 1 aliphatic carbocycles. The lowest BCUT2D eigenvalue weighted by Gasteiger charge is -2.21. The van der Waals surface area contributed by atoms with E-state index in [1.807, 2.05) is 36.4 Å². The Morgan fingerprint density at radius 2 is 2.07 bits per heavy atom. The first kappa shape index (κ1) is 19.6. The van der Waals surface area contributed by atoms with E-state index in [1.54, 1.807) is 6.92 Å². The molecule has 0 spiro atoms. The lowest BCUT2D eigenvalue weighted by Crippen LogP contribution is -2.36. The van der Waals surface area contributed by atoms with Gasteiger partial charge in [0.05, 0.1) is 6.54 Å². The van der Waals surface area contributed by atoms with Crippen LogP contribution in [0.3, 0.4) is 0 Å². The highest BCUT2D eigenvalue weighted by molar-refractivity contribution is 9.10. The maximum absolute atomic E-state index is 12.5. The van der Waals surface area contributed by atoms with Crippen LogP contribution >= 0.6 is 15.9 Å². The Hall–Kier alpha value is -2.67. The van der Waals surface area contributed by atoms with Crippen LogP contribution in [0.15, 0.2) is 51.5 Å². The summed E-state index contributed by atoms with van der Waals surface area (Å²) in [5, 5.41) is 6.78. The van der Waals surface area contributed by atoms with Crippen LogP contribution in [0.25, 0.3) is 11.4 Å². The zero-order valence-electron chi connectivity index (χ0n) is 16.2. The molecule has 0 saturated carbocycles. The van der Waals surface area contributed by atoms with Gasteiger partial charge in [-0.05, 0) is 61.9 Å². The lowest BCUT2D eigenvalue weighted by molar-refractivity contribution is -0.127. The van der Waals surface area contributed by atoms with Gasteiger partial charge in [-0.15, -0.1) is 0 Å². The molecule has 150 valence electrons. The molecule has 3 aromatic rings. The van der Waals surface area contributed by atoms with Gasteiger partial charge in [-0.25, -0.2) is 0 Å². The SMILES string of the molecule is C[C@H](Oc1cccc2c1CCCC2)C(=O)NCc1nc(-c2cccc(Br)c2)no1. The van der Waals surface area contributed by atoms with Crippen molar-refractivity contribution >= 4 is 21.8 Å². The summed E-state index contributed by atoms with van der Waals surface area (Å²) < 4.78 is 12.2. The molecule has 1 atom stereocenters. The van der Waals surface area contributed by atoms with E-state index in [0.29, 0.717) is 11.7 Å². The number of benzene rings is 2. The molecule has 0 fully saturated rings. The molecular formula is C22H22BrN3O3. The molecule has 6 nitrogen and oxygen atoms in total. The minimum Gasteiger partial charge on any atom is -0.481 e. The predicted molar refractivity (Wildman–Crippen MR) is 112 cm³/mol. The maximum Gasteiger partial charge on any atom is 0.261 e. The Bertz CT molecular complexity index is 1020. The van der Waals surface area contributed by atoms with Crippen LogP contribution in [0, 0.1) is 0 Å². The molecule has 1 heterocycles. The van der Waals surface area contributed by atoms with Crippen LogP contribution in [0.1, 0.15) is 36.8 Å². The second-order valence-corrected chi connectivity index (χ2v) is 8.02. The summed E-state index contributed by atoms with van der Waals surface area (Å²) in [4.78, 5) is 16.8. The molecule has 4 rings (SSSR count). The van der Waals surface area contributed by atoms with Gasteiger partial charge in [0.15, 0.2) is 6.10 Å². The van der Waals surface area contributed by atoms with Crippen LogP contribution in [0.4, 0.5) is 0 Å². The number of ether oxygens (including phenoxy) is 1. The van der Waals surface area contributed by atoms with E-state index in [9.17, 15) is 4.79 Å². The Morgan fingerprint density at radius 3 is 2.93 bits per heavy atom. The van der Waals surface area contributed by atoms with E-state index >= 15 is 0 Å². The smallest absolute Gasteiger partial charge is 0.261 e. The minimum absolute atomic E-state index is 0.153. The predicted octanol–water partition coefficient (Wildman–Crippen LogP) is 4.46. The highest BCUT2D eigenvalue weighted by Gasteiger charge is 2.20. The van der Waals surface area contributed by atoms with Crippen LogP contribution < -0.4 is 10.1 Å². The summed E-state index contributed by atoms with van der Waals surface area (Å²) in [5.41, 5.74) is 3.40. The van der Waals surface area contributed by atoms with Crippen LogP contribution in [-0.2, 0) is 24.2 Å². The molecule has 0 saturated heterocycles. The molecule has 1 N–H and O–H groups in total. The molecule has 1 amide bonds. The Labute approximate surface area is 177 Å². The van der Waals surface area contributed by atoms with E-state index in [4.69, 9.17) is 9.26 Å². The maximum atomic E-state index is 12.5. The number of aromatic nitrogens is 2. The van der Waals surface area contributed by atoms with Gasteiger partial charge in [0.2, 0.25) is 11.7 Å². The number of carbonyl (C=O) groups excluding carboxylic acids is 1. The Morgan fingerprint density at radius 1 is 1.24 bits per heavy atom. The zero-order valence-corrected chi connectivity index (χ0v) is 17.7. The fourth-order valence-corrected chi connectivity index (χ4v) is 3.88. The molecule has 0 bridgehead atoms. The monoisotopic (exact) mass is 455 g/mol. The number of rotatable bonds is 6. The molecule has 1 aliphatic rings. The summed E-state index contributed by atoms with van der Waals surface area (Å²) in [6.45, 7) is 1.90. The average Bonchev–Trinajstić information content (AvgIpc) is 3.21. The number of aryl methyl sites for hydroxylation is 1. The van der Waals surface area contributed by atoms with E-state index in [2.05, 4.69) is 37.5 Å². The molecule has 2 aromatic carbocycles. The Balaban J connectivity index is 1.35. The molecule has 0 unspecified atom stereocenters. The van der Waals surface area contributed by atoms with Gasteiger partial charge in [0.1, 0.15) is 5.75 Å². The molecule has 7 heteroatoms. The van der Waals surface area contributed by atoms with Crippen LogP contribution in [0.5, 0.6) is 5.75 Å². The third-order valence-electron chi connectivity index (χ3n) is 4.99. The topological polar surface area (TPSA) is 77.2 Å². The van der Waals surface area contributed by atoms with Crippen molar-refractivity contribution in [3.05, 3.63) is 64.0 Å². The molecule has 1 aromatic heterocycles. The number of hydrogen-bond acceptors (Lipinski definition) is 5. The van der Waals surface area contributed by atoms with Gasteiger partial charge in [-0.2, -0.15) is 4.98 Å². The van der Waals surface area contributed by atoms with E-state index in [-0.39, 0.29) is 12.5 Å². The summed E-state index contributed by atoms with van der Waals surface area (Å²) in [6.07, 6.45) is 3.82. The molecule has 0 radical (unpaired) electrons. The number of fused-ring (bicyclic) bond motifs is 1. The van der Waals surface area contributed by atoms with Gasteiger partial charge < -0.3 is 14.6 Å². The van der Waals surface area contributed by atoms with Crippen molar-refractivity contribution in [1.82, 2.24) is 15.5 Å². The first-order valence-electron chi connectivity index (χ1n) is 9.74. The number of amides is 1. The second kappa shape index (κ2) is 8.78. The average molecular weight is 456 g/mol. The molecule has 29 heavy (non-hydrogen) atoms. The molecule has 0 aliphatic heterocycles. The number of nitrogens with one attached hydrogen (secondary N) is 1. The summed E-state index contributed by atoms with van der Waals surface area (Å²) in [7, 11) is 0. The summed E-state index contributed by atoms with van der Waals surface area (Å²) in [6, 6.07) is 13.7. The second-order valence-electron chi connectivity index (χ2n) is 7.10. The third kappa shape index (κ3) is 4.67. The van der Waals surface area contributed by atoms with Crippen molar-refractivity contribution < 1.29 is 14.1 Å². The highest BCUT2D eigenvalue weighted by Crippen LogP contribution is 2.30. The number of hydrogen-bond donors (Lipinski definition) is 1. The Kier molecular flexibility index (Phi) is 5.94. The van der Waals surface area contributed by atoms with Crippen molar-refractivity contribution in [3.8, 4) is 17.1 Å². The summed E-state index contributed by atoms with van der Waals surface area (Å²) in [5.74, 6) is 1.41. The van der Waals surface area contributed by atoms with Crippen LogP contribution in [-0.4, -0.2) is 22.2 Å². The van der Waals surface area contributed by atoms with Gasteiger partial charge in [0, 0.05) is 10.0 Å². The van der Waals surface area contributed by atoms with Crippen molar-refractivity contribution in [2.24, 2.45) is 0 Å². The minimum atomic E-state index is -0.615. The van der Waals surface area contributed by atoms with Crippen molar-refractivity contribution in [3.63, 3.8) is 0 Å². The zero-order chi connectivity index (χ0) is 20.2. The van der Waals surface area contributed by atoms with Crippen LogP contribution in [0.2, 0.25) is 0 Å². The standard InChI is InChI=1S/C22H22BrN3O3/c1-14(28-19-11-5-7-15-6-2-3-10-18(15)19)22(27)24-13-20-25-21(26-29-20)16-8-4-9-17(23)12-16/h4-5,7-9,11-12,14H,2-3,6,10,13H2,1H3,(H,24,27)/t14-/m0/s1. The van der Waals surface area contributed by atoms with Crippen molar-refractivity contribution in [2.75, 3.05) is 0 Å². The van der Waals surface area contributed by atoms with Gasteiger partial charge in [-0.3, -0.25) is 4.79 Å².